The van der Waals surface area contributed by atoms with Crippen LogP contribution in [0.5, 0.6) is 5.75 Å². The van der Waals surface area contributed by atoms with E-state index in [0.29, 0.717) is 17.0 Å². The first-order valence-electron chi connectivity index (χ1n) is 8.87. The van der Waals surface area contributed by atoms with Crippen molar-refractivity contribution in [3.8, 4) is 5.75 Å². The summed E-state index contributed by atoms with van der Waals surface area (Å²) in [6.45, 7) is 7.43. The Labute approximate surface area is 183 Å². The van der Waals surface area contributed by atoms with Crippen LogP contribution in [0.3, 0.4) is 0 Å². The summed E-state index contributed by atoms with van der Waals surface area (Å²) in [5.74, 6) is 0.440. The van der Waals surface area contributed by atoms with Crippen molar-refractivity contribution in [1.29, 1.82) is 0 Å². The SMILES string of the molecule is Cc1cc(OCC(=O)NC(=S)Nc2cccc([N+](=O)[O-])c2C)c(C(C)C)cc1Br. The molecule has 0 saturated carbocycles. The molecule has 0 aliphatic rings. The van der Waals surface area contributed by atoms with Crippen molar-refractivity contribution >= 4 is 50.5 Å². The first kappa shape index (κ1) is 22.8. The number of carbonyl (C=O) groups excluding carboxylic acids is 1. The molecule has 0 fully saturated rings. The normalized spacial score (nSPS) is 10.6. The van der Waals surface area contributed by atoms with E-state index in [9.17, 15) is 14.9 Å². The van der Waals surface area contributed by atoms with Crippen molar-refractivity contribution in [3.63, 3.8) is 0 Å². The molecule has 1 amide bonds. The van der Waals surface area contributed by atoms with Gasteiger partial charge in [-0.2, -0.15) is 0 Å². The molecule has 9 heteroatoms. The van der Waals surface area contributed by atoms with Crippen molar-refractivity contribution in [2.24, 2.45) is 0 Å². The lowest BCUT2D eigenvalue weighted by Crippen LogP contribution is -2.37. The molecular formula is C20H22BrN3O4S. The van der Waals surface area contributed by atoms with Gasteiger partial charge in [-0.05, 0) is 61.3 Å². The Kier molecular flexibility index (Phi) is 7.69. The fourth-order valence-electron chi connectivity index (χ4n) is 2.66. The smallest absolute Gasteiger partial charge is 0.274 e. The van der Waals surface area contributed by atoms with Gasteiger partial charge in [0.25, 0.3) is 11.6 Å². The van der Waals surface area contributed by atoms with Gasteiger partial charge < -0.3 is 10.1 Å². The number of anilines is 1. The molecule has 0 aliphatic heterocycles. The van der Waals surface area contributed by atoms with Crippen molar-refractivity contribution in [3.05, 3.63) is 61.6 Å². The number of nitro groups is 1. The van der Waals surface area contributed by atoms with Crippen LogP contribution < -0.4 is 15.4 Å². The van der Waals surface area contributed by atoms with Gasteiger partial charge in [0.2, 0.25) is 0 Å². The van der Waals surface area contributed by atoms with Crippen LogP contribution in [-0.2, 0) is 4.79 Å². The Morgan fingerprint density at radius 3 is 2.62 bits per heavy atom. The van der Waals surface area contributed by atoms with Gasteiger partial charge in [-0.1, -0.05) is 35.8 Å². The Bertz CT molecular complexity index is 963. The standard InChI is InChI=1S/C20H22BrN3O4S/c1-11(2)14-9-15(21)12(3)8-18(14)28-10-19(25)23-20(29)22-16-6-5-7-17(13(16)4)24(26)27/h5-9,11H,10H2,1-4H3,(H2,22,23,25,29). The van der Waals surface area contributed by atoms with E-state index in [4.69, 9.17) is 17.0 Å². The maximum absolute atomic E-state index is 12.2. The first-order valence-corrected chi connectivity index (χ1v) is 10.1. The molecule has 2 N–H and O–H groups in total. The summed E-state index contributed by atoms with van der Waals surface area (Å²) in [6.07, 6.45) is 0. The van der Waals surface area contributed by atoms with E-state index >= 15 is 0 Å². The summed E-state index contributed by atoms with van der Waals surface area (Å²) >= 11 is 8.65. The monoisotopic (exact) mass is 479 g/mol. The number of aryl methyl sites for hydroxylation is 1. The van der Waals surface area contributed by atoms with Gasteiger partial charge in [0.05, 0.1) is 16.2 Å². The number of hydrogen-bond acceptors (Lipinski definition) is 5. The van der Waals surface area contributed by atoms with Gasteiger partial charge in [0.1, 0.15) is 5.75 Å². The molecule has 2 aromatic rings. The second kappa shape index (κ2) is 9.80. The van der Waals surface area contributed by atoms with Gasteiger partial charge in [-0.3, -0.25) is 20.2 Å². The maximum atomic E-state index is 12.2. The van der Waals surface area contributed by atoms with Crippen LogP contribution in [0.25, 0.3) is 0 Å². The molecule has 29 heavy (non-hydrogen) atoms. The summed E-state index contributed by atoms with van der Waals surface area (Å²) in [4.78, 5) is 22.8. The number of thiocarbonyl (C=S) groups is 1. The zero-order valence-electron chi connectivity index (χ0n) is 16.5. The molecule has 7 nitrogen and oxygen atoms in total. The molecule has 0 radical (unpaired) electrons. The number of nitro benzene ring substituents is 1. The second-order valence-corrected chi connectivity index (χ2v) is 8.05. The molecule has 2 aromatic carbocycles. The third-order valence-corrected chi connectivity index (χ3v) is 5.33. The van der Waals surface area contributed by atoms with Crippen LogP contribution in [0.15, 0.2) is 34.8 Å². The first-order chi connectivity index (χ1) is 13.6. The van der Waals surface area contributed by atoms with E-state index in [1.54, 1.807) is 19.1 Å². The molecule has 0 spiro atoms. The molecule has 0 saturated heterocycles. The molecule has 154 valence electrons. The molecule has 0 aromatic heterocycles. The van der Waals surface area contributed by atoms with Crippen LogP contribution in [0.2, 0.25) is 0 Å². The number of carbonyl (C=O) groups is 1. The maximum Gasteiger partial charge on any atom is 0.274 e. The molecule has 0 aliphatic carbocycles. The van der Waals surface area contributed by atoms with Crippen molar-refractivity contribution in [2.75, 3.05) is 11.9 Å². The van der Waals surface area contributed by atoms with Gasteiger partial charge >= 0.3 is 0 Å². The molecular weight excluding hydrogens is 458 g/mol. The van der Waals surface area contributed by atoms with Crippen molar-refractivity contribution in [1.82, 2.24) is 5.32 Å². The van der Waals surface area contributed by atoms with E-state index in [-0.39, 0.29) is 23.3 Å². The third-order valence-electron chi connectivity index (χ3n) is 4.27. The van der Waals surface area contributed by atoms with E-state index in [0.717, 1.165) is 15.6 Å². The molecule has 0 bridgehead atoms. The number of ether oxygens (including phenoxy) is 1. The zero-order chi connectivity index (χ0) is 21.7. The van der Waals surface area contributed by atoms with Gasteiger partial charge in [-0.15, -0.1) is 0 Å². The number of rotatable bonds is 6. The highest BCUT2D eigenvalue weighted by Crippen LogP contribution is 2.32. The van der Waals surface area contributed by atoms with Gasteiger partial charge in [0, 0.05) is 10.5 Å². The molecule has 0 atom stereocenters. The Balaban J connectivity index is 2.00. The Morgan fingerprint density at radius 2 is 2.00 bits per heavy atom. The fourth-order valence-corrected chi connectivity index (χ4v) is 3.25. The van der Waals surface area contributed by atoms with E-state index in [1.165, 1.54) is 6.07 Å². The molecule has 0 unspecified atom stereocenters. The minimum absolute atomic E-state index is 0.0284. The third kappa shape index (κ3) is 5.98. The van der Waals surface area contributed by atoms with Crippen molar-refractivity contribution in [2.45, 2.75) is 33.6 Å². The molecule has 0 heterocycles. The lowest BCUT2D eigenvalue weighted by Gasteiger charge is -2.16. The number of hydrogen-bond donors (Lipinski definition) is 2. The quantitative estimate of drug-likeness (QED) is 0.344. The number of benzene rings is 2. The largest absolute Gasteiger partial charge is 0.483 e. The topological polar surface area (TPSA) is 93.5 Å². The highest BCUT2D eigenvalue weighted by molar-refractivity contribution is 9.10. The number of nitrogens with zero attached hydrogens (tertiary/aromatic N) is 1. The average Bonchev–Trinajstić information content (AvgIpc) is 2.63. The predicted molar refractivity (Wildman–Crippen MR) is 121 cm³/mol. The molecule has 2 rings (SSSR count). The minimum atomic E-state index is -0.470. The summed E-state index contributed by atoms with van der Waals surface area (Å²) in [5.41, 5.74) is 2.85. The predicted octanol–water partition coefficient (Wildman–Crippen LogP) is 4.99. The highest BCUT2D eigenvalue weighted by Gasteiger charge is 2.16. The summed E-state index contributed by atoms with van der Waals surface area (Å²) < 4.78 is 6.69. The van der Waals surface area contributed by atoms with Gasteiger partial charge in [0.15, 0.2) is 11.7 Å². The van der Waals surface area contributed by atoms with Crippen molar-refractivity contribution < 1.29 is 14.5 Å². The average molecular weight is 480 g/mol. The van der Waals surface area contributed by atoms with Crippen LogP contribution >= 0.6 is 28.1 Å². The van der Waals surface area contributed by atoms with Crippen LogP contribution in [0, 0.1) is 24.0 Å². The number of halogens is 1. The zero-order valence-corrected chi connectivity index (χ0v) is 18.9. The van der Waals surface area contributed by atoms with E-state index in [2.05, 4.69) is 26.6 Å². The highest BCUT2D eigenvalue weighted by atomic mass is 79.9. The summed E-state index contributed by atoms with van der Waals surface area (Å²) in [7, 11) is 0. The Hall–Kier alpha value is -2.52. The lowest BCUT2D eigenvalue weighted by molar-refractivity contribution is -0.385. The minimum Gasteiger partial charge on any atom is -0.483 e. The van der Waals surface area contributed by atoms with E-state index < -0.39 is 10.8 Å². The van der Waals surface area contributed by atoms with E-state index in [1.807, 2.05) is 32.9 Å². The lowest BCUT2D eigenvalue weighted by atomic mass is 10.0. The Morgan fingerprint density at radius 1 is 1.31 bits per heavy atom. The van der Waals surface area contributed by atoms with Crippen LogP contribution in [0.4, 0.5) is 11.4 Å². The van der Waals surface area contributed by atoms with Gasteiger partial charge in [-0.25, -0.2) is 0 Å². The fraction of sp³-hybridized carbons (Fsp3) is 0.300. The summed E-state index contributed by atoms with van der Waals surface area (Å²) in [6, 6.07) is 8.48. The number of amides is 1. The van der Waals surface area contributed by atoms with Crippen LogP contribution in [-0.4, -0.2) is 22.5 Å². The summed E-state index contributed by atoms with van der Waals surface area (Å²) in [5, 5.41) is 16.4. The number of nitrogens with one attached hydrogen (secondary N) is 2. The van der Waals surface area contributed by atoms with Crippen LogP contribution in [0.1, 0.15) is 36.5 Å². The second-order valence-electron chi connectivity index (χ2n) is 6.79.